The molecule has 0 fully saturated rings. The van der Waals surface area contributed by atoms with Crippen molar-refractivity contribution >= 4 is 5.96 Å². The predicted molar refractivity (Wildman–Crippen MR) is 111 cm³/mol. The molecule has 0 unspecified atom stereocenters. The Balaban J connectivity index is 1.49. The van der Waals surface area contributed by atoms with Gasteiger partial charge in [-0.25, -0.2) is 9.07 Å². The molecular formula is C22H26FN5. The molecule has 0 spiro atoms. The number of guanidine groups is 1. The zero-order chi connectivity index (χ0) is 19.6. The SMILES string of the molecule is CCNC(=NCCc1ccccc1F)NCCc1cnn(-c2ccccc2)c1. The maximum Gasteiger partial charge on any atom is 0.191 e. The number of hydrogen-bond acceptors (Lipinski definition) is 2. The lowest BCUT2D eigenvalue weighted by atomic mass is 10.1. The van der Waals surface area contributed by atoms with Crippen molar-refractivity contribution in [3.63, 3.8) is 0 Å². The van der Waals surface area contributed by atoms with Gasteiger partial charge in [0.25, 0.3) is 0 Å². The van der Waals surface area contributed by atoms with Crippen LogP contribution < -0.4 is 10.6 Å². The first-order valence-electron chi connectivity index (χ1n) is 9.61. The molecule has 0 radical (unpaired) electrons. The van der Waals surface area contributed by atoms with Gasteiger partial charge >= 0.3 is 0 Å². The van der Waals surface area contributed by atoms with E-state index in [-0.39, 0.29) is 5.82 Å². The molecule has 1 aromatic heterocycles. The average Bonchev–Trinajstić information content (AvgIpc) is 3.19. The minimum atomic E-state index is -0.175. The molecule has 0 saturated carbocycles. The van der Waals surface area contributed by atoms with Gasteiger partial charge in [-0.3, -0.25) is 4.99 Å². The molecule has 0 bridgehead atoms. The topological polar surface area (TPSA) is 54.2 Å². The van der Waals surface area contributed by atoms with Crippen molar-refractivity contribution in [2.45, 2.75) is 19.8 Å². The molecule has 0 atom stereocenters. The Hall–Kier alpha value is -3.15. The molecule has 1 heterocycles. The van der Waals surface area contributed by atoms with Gasteiger partial charge in [0.1, 0.15) is 5.82 Å². The van der Waals surface area contributed by atoms with Gasteiger partial charge in [0.15, 0.2) is 5.96 Å². The normalized spacial score (nSPS) is 11.4. The molecule has 0 aliphatic rings. The summed E-state index contributed by atoms with van der Waals surface area (Å²) in [5.41, 5.74) is 2.89. The molecule has 5 nitrogen and oxygen atoms in total. The van der Waals surface area contributed by atoms with E-state index in [9.17, 15) is 4.39 Å². The van der Waals surface area contributed by atoms with Crippen LogP contribution >= 0.6 is 0 Å². The van der Waals surface area contributed by atoms with Gasteiger partial charge in [0, 0.05) is 25.8 Å². The second-order valence-electron chi connectivity index (χ2n) is 6.41. The molecule has 0 aliphatic heterocycles. The van der Waals surface area contributed by atoms with E-state index >= 15 is 0 Å². The van der Waals surface area contributed by atoms with Gasteiger partial charge in [0.2, 0.25) is 0 Å². The summed E-state index contributed by atoms with van der Waals surface area (Å²) in [6, 6.07) is 16.9. The van der Waals surface area contributed by atoms with Crippen LogP contribution in [0.25, 0.3) is 5.69 Å². The lowest BCUT2D eigenvalue weighted by Gasteiger charge is -2.11. The van der Waals surface area contributed by atoms with Crippen LogP contribution in [0.3, 0.4) is 0 Å². The van der Waals surface area contributed by atoms with E-state index in [2.05, 4.69) is 20.7 Å². The summed E-state index contributed by atoms with van der Waals surface area (Å²) < 4.78 is 15.6. The Morgan fingerprint density at radius 2 is 1.82 bits per heavy atom. The first-order valence-corrected chi connectivity index (χ1v) is 9.61. The third-order valence-corrected chi connectivity index (χ3v) is 4.32. The van der Waals surface area contributed by atoms with Crippen LogP contribution in [0, 0.1) is 5.82 Å². The second kappa shape index (κ2) is 10.3. The largest absolute Gasteiger partial charge is 0.357 e. The monoisotopic (exact) mass is 379 g/mol. The highest BCUT2D eigenvalue weighted by Crippen LogP contribution is 2.08. The molecule has 6 heteroatoms. The highest BCUT2D eigenvalue weighted by atomic mass is 19.1. The number of aliphatic imine (C=N–C) groups is 1. The Bertz CT molecular complexity index is 889. The number of hydrogen-bond donors (Lipinski definition) is 2. The summed E-state index contributed by atoms with van der Waals surface area (Å²) in [7, 11) is 0. The fourth-order valence-corrected chi connectivity index (χ4v) is 2.87. The van der Waals surface area contributed by atoms with Crippen LogP contribution in [-0.4, -0.2) is 35.4 Å². The van der Waals surface area contributed by atoms with Gasteiger partial charge in [-0.05, 0) is 49.1 Å². The summed E-state index contributed by atoms with van der Waals surface area (Å²) in [6.45, 7) is 4.07. The van der Waals surface area contributed by atoms with Crippen LogP contribution in [0.5, 0.6) is 0 Å². The van der Waals surface area contributed by atoms with E-state index in [4.69, 9.17) is 0 Å². The van der Waals surface area contributed by atoms with Gasteiger partial charge < -0.3 is 10.6 Å². The maximum atomic E-state index is 13.7. The molecular weight excluding hydrogens is 353 g/mol. The van der Waals surface area contributed by atoms with E-state index in [1.165, 1.54) is 6.07 Å². The molecule has 0 amide bonds. The van der Waals surface area contributed by atoms with E-state index < -0.39 is 0 Å². The number of aromatic nitrogens is 2. The Morgan fingerprint density at radius 1 is 1.04 bits per heavy atom. The summed E-state index contributed by atoms with van der Waals surface area (Å²) >= 11 is 0. The van der Waals surface area contributed by atoms with Crippen LogP contribution in [-0.2, 0) is 12.8 Å². The van der Waals surface area contributed by atoms with Crippen LogP contribution in [0.1, 0.15) is 18.1 Å². The van der Waals surface area contributed by atoms with Gasteiger partial charge in [0.05, 0.1) is 11.9 Å². The molecule has 2 aromatic carbocycles. The zero-order valence-electron chi connectivity index (χ0n) is 16.1. The minimum absolute atomic E-state index is 0.175. The van der Waals surface area contributed by atoms with E-state index in [1.807, 2.05) is 60.4 Å². The Kier molecular flexibility index (Phi) is 7.18. The number of benzene rings is 2. The molecule has 0 aliphatic carbocycles. The summed E-state index contributed by atoms with van der Waals surface area (Å²) in [5, 5.41) is 11.0. The quantitative estimate of drug-likeness (QED) is 0.466. The predicted octanol–water partition coefficient (Wildman–Crippen LogP) is 3.35. The van der Waals surface area contributed by atoms with Crippen molar-refractivity contribution in [2.24, 2.45) is 4.99 Å². The smallest absolute Gasteiger partial charge is 0.191 e. The van der Waals surface area contributed by atoms with Crippen molar-refractivity contribution in [2.75, 3.05) is 19.6 Å². The zero-order valence-corrected chi connectivity index (χ0v) is 16.1. The van der Waals surface area contributed by atoms with Crippen LogP contribution in [0.2, 0.25) is 0 Å². The molecule has 0 saturated heterocycles. The summed E-state index contributed by atoms with van der Waals surface area (Å²) in [5.74, 6) is 0.570. The third kappa shape index (κ3) is 5.67. The first kappa shape index (κ1) is 19.6. The van der Waals surface area contributed by atoms with Gasteiger partial charge in [-0.2, -0.15) is 5.10 Å². The van der Waals surface area contributed by atoms with Gasteiger partial charge in [-0.15, -0.1) is 0 Å². The Morgan fingerprint density at radius 3 is 2.61 bits per heavy atom. The van der Waals surface area contributed by atoms with Crippen molar-refractivity contribution in [3.8, 4) is 5.69 Å². The second-order valence-corrected chi connectivity index (χ2v) is 6.41. The van der Waals surface area contributed by atoms with Crippen molar-refractivity contribution < 1.29 is 4.39 Å². The highest BCUT2D eigenvalue weighted by Gasteiger charge is 2.03. The fourth-order valence-electron chi connectivity index (χ4n) is 2.87. The summed E-state index contributed by atoms with van der Waals surface area (Å²) in [4.78, 5) is 4.54. The minimum Gasteiger partial charge on any atom is -0.357 e. The van der Waals surface area contributed by atoms with Crippen LogP contribution in [0.15, 0.2) is 72.0 Å². The first-order chi connectivity index (χ1) is 13.8. The van der Waals surface area contributed by atoms with Gasteiger partial charge in [-0.1, -0.05) is 36.4 Å². The maximum absolute atomic E-state index is 13.7. The third-order valence-electron chi connectivity index (χ3n) is 4.32. The standard InChI is InChI=1S/C22H26FN5/c1-2-24-22(26-15-13-19-8-6-7-11-21(19)23)25-14-12-18-16-27-28(17-18)20-9-4-3-5-10-20/h3-11,16-17H,2,12-15H2,1H3,(H2,24,25,26). The molecule has 146 valence electrons. The lowest BCUT2D eigenvalue weighted by Crippen LogP contribution is -2.38. The number of para-hydroxylation sites is 1. The van der Waals surface area contributed by atoms with Crippen molar-refractivity contribution in [1.29, 1.82) is 0 Å². The highest BCUT2D eigenvalue weighted by molar-refractivity contribution is 5.79. The molecule has 3 aromatic rings. The number of nitrogens with one attached hydrogen (secondary N) is 2. The number of rotatable bonds is 8. The fraction of sp³-hybridized carbons (Fsp3) is 0.273. The average molecular weight is 379 g/mol. The van der Waals surface area contributed by atoms with E-state index in [0.29, 0.717) is 18.5 Å². The molecule has 2 N–H and O–H groups in total. The number of nitrogens with zero attached hydrogens (tertiary/aromatic N) is 3. The molecule has 3 rings (SSSR count). The summed E-state index contributed by atoms with van der Waals surface area (Å²) in [6.07, 6.45) is 5.34. The van der Waals surface area contributed by atoms with E-state index in [1.54, 1.807) is 12.1 Å². The Labute approximate surface area is 165 Å². The lowest BCUT2D eigenvalue weighted by molar-refractivity contribution is 0.609. The molecule has 28 heavy (non-hydrogen) atoms. The van der Waals surface area contributed by atoms with E-state index in [0.717, 1.165) is 36.7 Å². The number of halogens is 1. The van der Waals surface area contributed by atoms with Crippen LogP contribution in [0.4, 0.5) is 4.39 Å². The van der Waals surface area contributed by atoms with Crippen molar-refractivity contribution in [3.05, 3.63) is 83.9 Å². The van der Waals surface area contributed by atoms with Crippen molar-refractivity contribution in [1.82, 2.24) is 20.4 Å².